The van der Waals surface area contributed by atoms with Crippen LogP contribution in [0.4, 0.5) is 0 Å². The van der Waals surface area contributed by atoms with Crippen LogP contribution in [0.1, 0.15) is 20.3 Å². The van der Waals surface area contributed by atoms with Crippen LogP contribution in [-0.4, -0.2) is 42.6 Å². The van der Waals surface area contributed by atoms with E-state index in [1.807, 2.05) is 0 Å². The molecule has 1 N–H and O–H groups in total. The van der Waals surface area contributed by atoms with Crippen molar-refractivity contribution in [3.05, 3.63) is 0 Å². The van der Waals surface area contributed by atoms with Crippen molar-refractivity contribution in [2.24, 2.45) is 0 Å². The molecule has 5 heteroatoms. The second-order valence-corrected chi connectivity index (χ2v) is 7.29. The second kappa shape index (κ2) is 5.22. The van der Waals surface area contributed by atoms with Gasteiger partial charge in [-0.1, -0.05) is 0 Å². The van der Waals surface area contributed by atoms with Crippen molar-refractivity contribution in [2.75, 3.05) is 23.5 Å². The maximum absolute atomic E-state index is 10.7. The molecule has 0 atom stereocenters. The summed E-state index contributed by atoms with van der Waals surface area (Å²) in [5.74, 6) is 1.65. The van der Waals surface area contributed by atoms with Gasteiger partial charge in [-0.3, -0.25) is 0 Å². The Labute approximate surface area is 84.8 Å². The van der Waals surface area contributed by atoms with Gasteiger partial charge in [0.25, 0.3) is 0 Å². The highest BCUT2D eigenvalue weighted by molar-refractivity contribution is 8.00. The molecule has 0 aromatic rings. The van der Waals surface area contributed by atoms with Crippen molar-refractivity contribution >= 4 is 21.6 Å². The van der Waals surface area contributed by atoms with E-state index < -0.39 is 15.4 Å². The van der Waals surface area contributed by atoms with Crippen LogP contribution < -0.4 is 0 Å². The van der Waals surface area contributed by atoms with E-state index in [0.29, 0.717) is 12.2 Å². The fourth-order valence-corrected chi connectivity index (χ4v) is 3.16. The lowest BCUT2D eigenvalue weighted by molar-refractivity contribution is 0.0778. The Kier molecular flexibility index (Phi) is 5.32. The predicted octanol–water partition coefficient (Wildman–Crippen LogP) is 0.925. The topological polar surface area (TPSA) is 54.4 Å². The first-order valence-corrected chi connectivity index (χ1v) is 7.40. The van der Waals surface area contributed by atoms with Gasteiger partial charge in [0.2, 0.25) is 0 Å². The van der Waals surface area contributed by atoms with E-state index in [2.05, 4.69) is 0 Å². The van der Waals surface area contributed by atoms with Crippen molar-refractivity contribution in [3.8, 4) is 0 Å². The molecule has 0 aliphatic carbocycles. The van der Waals surface area contributed by atoms with Gasteiger partial charge in [-0.25, -0.2) is 8.42 Å². The maximum Gasteiger partial charge on any atom is 0.148 e. The summed E-state index contributed by atoms with van der Waals surface area (Å²) in [4.78, 5) is 0. The smallest absolute Gasteiger partial charge is 0.148 e. The predicted molar refractivity (Wildman–Crippen MR) is 58.0 cm³/mol. The zero-order valence-corrected chi connectivity index (χ0v) is 10.0. The van der Waals surface area contributed by atoms with Crippen LogP contribution in [-0.2, 0) is 9.84 Å². The molecule has 0 aliphatic heterocycles. The van der Waals surface area contributed by atoms with Gasteiger partial charge in [-0.15, -0.1) is 0 Å². The second-order valence-electron chi connectivity index (χ2n) is 3.80. The highest BCUT2D eigenvalue weighted by atomic mass is 32.2. The molecule has 0 unspecified atom stereocenters. The molecule has 0 bridgehead atoms. The van der Waals surface area contributed by atoms with Crippen LogP contribution in [0.2, 0.25) is 0 Å². The molecular weight excluding hydrogens is 208 g/mol. The number of rotatable bonds is 6. The highest BCUT2D eigenvalue weighted by Crippen LogP contribution is 2.12. The van der Waals surface area contributed by atoms with Crippen molar-refractivity contribution in [2.45, 2.75) is 25.9 Å². The van der Waals surface area contributed by atoms with Crippen LogP contribution in [0.25, 0.3) is 0 Å². The molecule has 0 saturated heterocycles. The third kappa shape index (κ3) is 12.3. The van der Waals surface area contributed by atoms with E-state index >= 15 is 0 Å². The molecule has 0 heterocycles. The maximum atomic E-state index is 10.7. The Morgan fingerprint density at radius 1 is 1.31 bits per heavy atom. The molecule has 80 valence electrons. The summed E-state index contributed by atoms with van der Waals surface area (Å²) in [6, 6.07) is 0. The number of thioether (sulfide) groups is 1. The molecule has 0 aromatic heterocycles. The van der Waals surface area contributed by atoms with E-state index in [0.717, 1.165) is 5.75 Å². The summed E-state index contributed by atoms with van der Waals surface area (Å²) >= 11 is 1.57. The van der Waals surface area contributed by atoms with Gasteiger partial charge in [-0.2, -0.15) is 11.8 Å². The number of aliphatic hydroxyl groups is 1. The Hall–Kier alpha value is 0.260. The van der Waals surface area contributed by atoms with Gasteiger partial charge in [0.1, 0.15) is 9.84 Å². The lowest BCUT2D eigenvalue weighted by Crippen LogP contribution is -2.19. The molecule has 3 nitrogen and oxygen atoms in total. The Morgan fingerprint density at radius 2 is 1.85 bits per heavy atom. The average Bonchev–Trinajstić information content (AvgIpc) is 1.81. The standard InChI is InChI=1S/C8H18O3S2/c1-8(2,9)4-5-12-6-7-13(3,10)11/h9H,4-7H2,1-3H3. The third-order valence-electron chi connectivity index (χ3n) is 1.46. The average molecular weight is 226 g/mol. The fraction of sp³-hybridized carbons (Fsp3) is 1.00. The first-order valence-electron chi connectivity index (χ1n) is 4.18. The Balaban J connectivity index is 3.39. The summed E-state index contributed by atoms with van der Waals surface area (Å²) in [5.41, 5.74) is -0.641. The lowest BCUT2D eigenvalue weighted by Gasteiger charge is -2.15. The van der Waals surface area contributed by atoms with Crippen LogP contribution in [0.3, 0.4) is 0 Å². The van der Waals surface area contributed by atoms with Crippen LogP contribution in [0, 0.1) is 0 Å². The molecule has 0 radical (unpaired) electrons. The van der Waals surface area contributed by atoms with E-state index in [1.54, 1.807) is 25.6 Å². The minimum atomic E-state index is -2.82. The Morgan fingerprint density at radius 3 is 2.23 bits per heavy atom. The van der Waals surface area contributed by atoms with Crippen molar-refractivity contribution in [3.63, 3.8) is 0 Å². The first-order chi connectivity index (χ1) is 5.71. The quantitative estimate of drug-likeness (QED) is 0.684. The molecule has 0 fully saturated rings. The Bertz CT molecular complexity index is 226. The highest BCUT2D eigenvalue weighted by Gasteiger charge is 2.11. The van der Waals surface area contributed by atoms with E-state index in [9.17, 15) is 13.5 Å². The van der Waals surface area contributed by atoms with Gasteiger partial charge < -0.3 is 5.11 Å². The molecular formula is C8H18O3S2. The van der Waals surface area contributed by atoms with Crippen molar-refractivity contribution in [1.82, 2.24) is 0 Å². The van der Waals surface area contributed by atoms with Crippen LogP contribution >= 0.6 is 11.8 Å². The molecule has 0 spiro atoms. The summed E-state index contributed by atoms with van der Waals surface area (Å²) in [5, 5.41) is 9.35. The van der Waals surface area contributed by atoms with Crippen molar-refractivity contribution in [1.29, 1.82) is 0 Å². The fourth-order valence-electron chi connectivity index (χ4n) is 0.634. The van der Waals surface area contributed by atoms with Gasteiger partial charge in [0.05, 0.1) is 11.4 Å². The van der Waals surface area contributed by atoms with Gasteiger partial charge in [0.15, 0.2) is 0 Å². The third-order valence-corrected chi connectivity index (χ3v) is 3.65. The molecule has 0 aliphatic rings. The normalized spacial score (nSPS) is 13.2. The zero-order chi connectivity index (χ0) is 10.5. The van der Waals surface area contributed by atoms with Gasteiger partial charge >= 0.3 is 0 Å². The molecule has 0 rings (SSSR count). The largest absolute Gasteiger partial charge is 0.390 e. The molecule has 13 heavy (non-hydrogen) atoms. The lowest BCUT2D eigenvalue weighted by atomic mass is 10.1. The molecule has 0 aromatic carbocycles. The van der Waals surface area contributed by atoms with E-state index in [-0.39, 0.29) is 5.75 Å². The summed E-state index contributed by atoms with van der Waals surface area (Å²) in [6.45, 7) is 3.51. The SMILES string of the molecule is CC(C)(O)CCSCCS(C)(=O)=O. The zero-order valence-electron chi connectivity index (χ0n) is 8.41. The first kappa shape index (κ1) is 13.3. The monoisotopic (exact) mass is 226 g/mol. The number of hydrogen-bond donors (Lipinski definition) is 1. The number of sulfone groups is 1. The molecule has 0 amide bonds. The van der Waals surface area contributed by atoms with Crippen LogP contribution in [0.15, 0.2) is 0 Å². The minimum absolute atomic E-state index is 0.226. The van der Waals surface area contributed by atoms with E-state index in [4.69, 9.17) is 0 Å². The number of hydrogen-bond acceptors (Lipinski definition) is 4. The summed E-state index contributed by atoms with van der Waals surface area (Å²) < 4.78 is 21.5. The summed E-state index contributed by atoms with van der Waals surface area (Å²) in [6.07, 6.45) is 1.94. The van der Waals surface area contributed by atoms with E-state index in [1.165, 1.54) is 6.26 Å². The molecule has 0 saturated carbocycles. The van der Waals surface area contributed by atoms with Crippen LogP contribution in [0.5, 0.6) is 0 Å². The van der Waals surface area contributed by atoms with Gasteiger partial charge in [0, 0.05) is 12.0 Å². The van der Waals surface area contributed by atoms with Crippen molar-refractivity contribution < 1.29 is 13.5 Å². The minimum Gasteiger partial charge on any atom is -0.390 e. The summed E-state index contributed by atoms with van der Waals surface area (Å²) in [7, 11) is -2.82. The van der Waals surface area contributed by atoms with Gasteiger partial charge in [-0.05, 0) is 26.0 Å².